The molecule has 2 aromatic rings. The molecule has 0 radical (unpaired) electrons. The van der Waals surface area contributed by atoms with Crippen LogP contribution in [-0.2, 0) is 14.3 Å². The molecular weight excluding hydrogens is 314 g/mol. The first-order valence-corrected chi connectivity index (χ1v) is 8.87. The summed E-state index contributed by atoms with van der Waals surface area (Å²) in [7, 11) is 0. The van der Waals surface area contributed by atoms with Gasteiger partial charge in [-0.25, -0.2) is 0 Å². The highest BCUT2D eigenvalue weighted by Gasteiger charge is 2.31. The van der Waals surface area contributed by atoms with Gasteiger partial charge in [-0.1, -0.05) is 60.7 Å². The molecule has 25 heavy (non-hydrogen) atoms. The maximum absolute atomic E-state index is 13.3. The van der Waals surface area contributed by atoms with Crippen molar-refractivity contribution in [2.75, 3.05) is 32.9 Å². The number of amides is 1. The van der Waals surface area contributed by atoms with Crippen LogP contribution in [0.3, 0.4) is 0 Å². The third-order valence-corrected chi connectivity index (χ3v) is 4.47. The maximum Gasteiger partial charge on any atom is 0.234 e. The van der Waals surface area contributed by atoms with Gasteiger partial charge in [0, 0.05) is 19.7 Å². The molecule has 0 bridgehead atoms. The second-order valence-corrected chi connectivity index (χ2v) is 6.19. The first-order chi connectivity index (χ1) is 12.3. The molecule has 0 saturated carbocycles. The van der Waals surface area contributed by atoms with Gasteiger partial charge in [-0.15, -0.1) is 0 Å². The van der Waals surface area contributed by atoms with E-state index in [1.54, 1.807) is 0 Å². The zero-order valence-corrected chi connectivity index (χ0v) is 14.6. The van der Waals surface area contributed by atoms with Gasteiger partial charge in [0.2, 0.25) is 5.91 Å². The predicted molar refractivity (Wildman–Crippen MR) is 97.5 cm³/mol. The summed E-state index contributed by atoms with van der Waals surface area (Å²) >= 11 is 0. The molecule has 132 valence electrons. The van der Waals surface area contributed by atoms with Crippen LogP contribution >= 0.6 is 0 Å². The normalized spacial score (nSPS) is 17.7. The minimum Gasteiger partial charge on any atom is -0.379 e. The Morgan fingerprint density at radius 2 is 1.72 bits per heavy atom. The third-order valence-electron chi connectivity index (χ3n) is 4.47. The number of hydrogen-bond acceptors (Lipinski definition) is 3. The van der Waals surface area contributed by atoms with Crippen LogP contribution in [-0.4, -0.2) is 49.8 Å². The highest BCUT2D eigenvalue weighted by molar-refractivity contribution is 5.87. The minimum absolute atomic E-state index is 0.0511. The number of morpholine rings is 1. The minimum atomic E-state index is -0.284. The molecule has 1 fully saturated rings. The van der Waals surface area contributed by atoms with Crippen molar-refractivity contribution in [1.29, 1.82) is 0 Å². The lowest BCUT2D eigenvalue weighted by Gasteiger charge is -2.35. The Labute approximate surface area is 149 Å². The van der Waals surface area contributed by atoms with E-state index < -0.39 is 0 Å². The van der Waals surface area contributed by atoms with Gasteiger partial charge in [0.05, 0.1) is 25.2 Å². The topological polar surface area (TPSA) is 38.8 Å². The first-order valence-electron chi connectivity index (χ1n) is 8.87. The van der Waals surface area contributed by atoms with Crippen molar-refractivity contribution in [1.82, 2.24) is 4.90 Å². The summed E-state index contributed by atoms with van der Waals surface area (Å²) in [5.74, 6) is -0.157. The molecule has 4 heteroatoms. The fraction of sp³-hybridized carbons (Fsp3) is 0.381. The van der Waals surface area contributed by atoms with Gasteiger partial charge in [0.15, 0.2) is 0 Å². The van der Waals surface area contributed by atoms with E-state index in [1.165, 1.54) is 0 Å². The molecular formula is C21H25NO3. The van der Waals surface area contributed by atoms with Gasteiger partial charge >= 0.3 is 0 Å². The van der Waals surface area contributed by atoms with Crippen LogP contribution in [0.5, 0.6) is 0 Å². The molecule has 1 unspecified atom stereocenters. The predicted octanol–water partition coefficient (Wildman–Crippen LogP) is 3.08. The lowest BCUT2D eigenvalue weighted by atomic mass is 9.90. The summed E-state index contributed by atoms with van der Waals surface area (Å²) in [5.41, 5.74) is 2.04. The van der Waals surface area contributed by atoms with Gasteiger partial charge in [0.25, 0.3) is 0 Å². The zero-order valence-electron chi connectivity index (χ0n) is 14.6. The van der Waals surface area contributed by atoms with Gasteiger partial charge in [-0.2, -0.15) is 0 Å². The Morgan fingerprint density at radius 1 is 1.12 bits per heavy atom. The van der Waals surface area contributed by atoms with E-state index in [4.69, 9.17) is 9.47 Å². The van der Waals surface area contributed by atoms with Gasteiger partial charge in [-0.05, 0) is 18.1 Å². The summed E-state index contributed by atoms with van der Waals surface area (Å²) in [6, 6.07) is 20.0. The fourth-order valence-electron chi connectivity index (χ4n) is 3.22. The highest BCUT2D eigenvalue weighted by atomic mass is 16.5. The van der Waals surface area contributed by atoms with Crippen LogP contribution in [0.15, 0.2) is 60.7 Å². The number of carbonyl (C=O) groups is 1. The second-order valence-electron chi connectivity index (χ2n) is 6.19. The Balaban J connectivity index is 1.82. The van der Waals surface area contributed by atoms with Crippen LogP contribution in [0.25, 0.3) is 0 Å². The van der Waals surface area contributed by atoms with Crippen molar-refractivity contribution in [2.24, 2.45) is 0 Å². The number of rotatable bonds is 6. The van der Waals surface area contributed by atoms with Crippen LogP contribution < -0.4 is 0 Å². The van der Waals surface area contributed by atoms with Crippen LogP contribution in [0.1, 0.15) is 24.0 Å². The summed E-state index contributed by atoms with van der Waals surface area (Å²) < 4.78 is 11.2. The summed E-state index contributed by atoms with van der Waals surface area (Å²) in [5, 5.41) is 0. The Hall–Kier alpha value is -2.17. The number of hydrogen-bond donors (Lipinski definition) is 0. The molecule has 1 atom stereocenters. The van der Waals surface area contributed by atoms with Gasteiger partial charge in [0.1, 0.15) is 0 Å². The summed E-state index contributed by atoms with van der Waals surface area (Å²) in [4.78, 5) is 15.3. The van der Waals surface area contributed by atoms with Crippen molar-refractivity contribution in [2.45, 2.75) is 18.9 Å². The molecule has 1 aliphatic rings. The van der Waals surface area contributed by atoms with E-state index in [9.17, 15) is 4.79 Å². The quantitative estimate of drug-likeness (QED) is 0.812. The molecule has 1 heterocycles. The number of benzene rings is 2. The molecule has 1 aliphatic heterocycles. The van der Waals surface area contributed by atoms with Gasteiger partial charge < -0.3 is 14.4 Å². The van der Waals surface area contributed by atoms with E-state index in [1.807, 2.05) is 72.5 Å². The molecule has 0 aromatic heterocycles. The highest BCUT2D eigenvalue weighted by Crippen LogP contribution is 2.27. The molecule has 1 saturated heterocycles. The molecule has 0 N–H and O–H groups in total. The largest absolute Gasteiger partial charge is 0.379 e. The first kappa shape index (κ1) is 17.6. The Kier molecular flexibility index (Phi) is 6.20. The van der Waals surface area contributed by atoms with E-state index in [0.29, 0.717) is 32.9 Å². The number of ether oxygens (including phenoxy) is 2. The van der Waals surface area contributed by atoms with Crippen molar-refractivity contribution in [3.05, 3.63) is 71.8 Å². The zero-order chi connectivity index (χ0) is 17.5. The van der Waals surface area contributed by atoms with Crippen LogP contribution in [0.2, 0.25) is 0 Å². The van der Waals surface area contributed by atoms with E-state index in [2.05, 4.69) is 0 Å². The van der Waals surface area contributed by atoms with Crippen LogP contribution in [0, 0.1) is 0 Å². The van der Waals surface area contributed by atoms with Crippen molar-refractivity contribution < 1.29 is 14.3 Å². The molecule has 1 amide bonds. The lowest BCUT2D eigenvalue weighted by Crippen LogP contribution is -2.48. The van der Waals surface area contributed by atoms with E-state index in [0.717, 1.165) is 11.1 Å². The van der Waals surface area contributed by atoms with Crippen molar-refractivity contribution >= 4 is 5.91 Å². The Bertz CT molecular complexity index is 620. The van der Waals surface area contributed by atoms with Crippen molar-refractivity contribution in [3.8, 4) is 0 Å². The van der Waals surface area contributed by atoms with E-state index >= 15 is 0 Å². The SMILES string of the molecule is CCOCC1CN(C(=O)C(c2ccccc2)c2ccccc2)CCO1. The standard InChI is InChI=1S/C21H25NO3/c1-2-24-16-19-15-22(13-14-25-19)21(23)20(17-9-5-3-6-10-17)18-11-7-4-8-12-18/h3-12,19-20H,2,13-16H2,1H3. The number of carbonyl (C=O) groups excluding carboxylic acids is 1. The second kappa shape index (κ2) is 8.79. The molecule has 0 aliphatic carbocycles. The fourth-order valence-corrected chi connectivity index (χ4v) is 3.22. The molecule has 0 spiro atoms. The van der Waals surface area contributed by atoms with Gasteiger partial charge in [-0.3, -0.25) is 4.79 Å². The van der Waals surface area contributed by atoms with E-state index in [-0.39, 0.29) is 17.9 Å². The van der Waals surface area contributed by atoms with Crippen LogP contribution in [0.4, 0.5) is 0 Å². The average Bonchev–Trinajstić information content (AvgIpc) is 2.68. The van der Waals surface area contributed by atoms with Crippen molar-refractivity contribution in [3.63, 3.8) is 0 Å². The summed E-state index contributed by atoms with van der Waals surface area (Å²) in [6.07, 6.45) is -0.0511. The maximum atomic E-state index is 13.3. The third kappa shape index (κ3) is 4.47. The lowest BCUT2D eigenvalue weighted by molar-refractivity contribution is -0.141. The summed E-state index contributed by atoms with van der Waals surface area (Å²) in [6.45, 7) is 4.91. The molecule has 2 aromatic carbocycles. The smallest absolute Gasteiger partial charge is 0.234 e. The Morgan fingerprint density at radius 3 is 2.28 bits per heavy atom. The molecule has 3 rings (SSSR count). The molecule has 4 nitrogen and oxygen atoms in total. The monoisotopic (exact) mass is 339 g/mol. The average molecular weight is 339 g/mol. The number of nitrogens with zero attached hydrogens (tertiary/aromatic N) is 1.